The number of furan rings is 1. The standard InChI is InChI=1S/C21H27ClN4O3/c22-16-5-6-18(26-9-12-28-13-10-26)17(14-16)24-21(27)23-15-19(20-4-3-11-29-20)25-7-1-2-8-25/h3-6,11,14,19H,1-2,7-10,12-13,15H2,(H2,23,24,27)/t19-/m1/s1. The lowest BCUT2D eigenvalue weighted by molar-refractivity contribution is 0.123. The predicted molar refractivity (Wildman–Crippen MR) is 114 cm³/mol. The molecule has 4 rings (SSSR count). The van der Waals surface area contributed by atoms with Gasteiger partial charge in [-0.3, -0.25) is 4.90 Å². The summed E-state index contributed by atoms with van der Waals surface area (Å²) in [6.07, 6.45) is 4.03. The summed E-state index contributed by atoms with van der Waals surface area (Å²) in [5.41, 5.74) is 1.66. The van der Waals surface area contributed by atoms with Crippen molar-refractivity contribution in [3.8, 4) is 0 Å². The number of anilines is 2. The first-order chi connectivity index (χ1) is 14.2. The summed E-state index contributed by atoms with van der Waals surface area (Å²) in [7, 11) is 0. The van der Waals surface area contributed by atoms with Gasteiger partial charge in [0.25, 0.3) is 0 Å². The fourth-order valence-electron chi connectivity index (χ4n) is 3.99. The SMILES string of the molecule is O=C(NC[C@H](c1ccco1)N1CCCC1)Nc1cc(Cl)ccc1N1CCOCC1. The lowest BCUT2D eigenvalue weighted by Crippen LogP contribution is -2.39. The van der Waals surface area contributed by atoms with Crippen LogP contribution < -0.4 is 15.5 Å². The maximum Gasteiger partial charge on any atom is 0.319 e. The van der Waals surface area contributed by atoms with Crippen molar-refractivity contribution in [3.05, 3.63) is 47.4 Å². The van der Waals surface area contributed by atoms with Crippen LogP contribution in [0.1, 0.15) is 24.6 Å². The number of nitrogens with one attached hydrogen (secondary N) is 2. The Labute approximate surface area is 175 Å². The van der Waals surface area contributed by atoms with Crippen LogP contribution in [0.4, 0.5) is 16.2 Å². The van der Waals surface area contributed by atoms with E-state index in [1.165, 1.54) is 12.8 Å². The monoisotopic (exact) mass is 418 g/mol. The van der Waals surface area contributed by atoms with Crippen molar-refractivity contribution in [3.63, 3.8) is 0 Å². The molecule has 2 saturated heterocycles. The third-order valence-electron chi connectivity index (χ3n) is 5.47. The Bertz CT molecular complexity index is 802. The van der Waals surface area contributed by atoms with E-state index in [0.717, 1.165) is 37.6 Å². The van der Waals surface area contributed by atoms with E-state index in [-0.39, 0.29) is 12.1 Å². The summed E-state index contributed by atoms with van der Waals surface area (Å²) in [5, 5.41) is 6.57. The van der Waals surface area contributed by atoms with Crippen molar-refractivity contribution >= 4 is 29.0 Å². The van der Waals surface area contributed by atoms with E-state index in [2.05, 4.69) is 20.4 Å². The minimum Gasteiger partial charge on any atom is -0.468 e. The molecule has 2 fully saturated rings. The average molecular weight is 419 g/mol. The molecule has 0 unspecified atom stereocenters. The van der Waals surface area contributed by atoms with Crippen molar-refractivity contribution in [1.82, 2.24) is 10.2 Å². The first-order valence-electron chi connectivity index (χ1n) is 10.2. The Morgan fingerprint density at radius 3 is 2.66 bits per heavy atom. The summed E-state index contributed by atoms with van der Waals surface area (Å²) in [6.45, 7) is 5.44. The number of likely N-dealkylation sites (tertiary alicyclic amines) is 1. The minimum atomic E-state index is -0.252. The van der Waals surface area contributed by atoms with Crippen LogP contribution in [0.25, 0.3) is 0 Å². The molecule has 0 aliphatic carbocycles. The second-order valence-electron chi connectivity index (χ2n) is 7.37. The van der Waals surface area contributed by atoms with E-state index in [0.29, 0.717) is 30.5 Å². The number of rotatable bonds is 6. The van der Waals surface area contributed by atoms with E-state index in [1.807, 2.05) is 24.3 Å². The molecule has 1 aromatic heterocycles. The first kappa shape index (κ1) is 20.1. The van der Waals surface area contributed by atoms with E-state index < -0.39 is 0 Å². The summed E-state index contributed by atoms with van der Waals surface area (Å²) in [4.78, 5) is 17.2. The van der Waals surface area contributed by atoms with Gasteiger partial charge in [-0.05, 0) is 56.3 Å². The van der Waals surface area contributed by atoms with Gasteiger partial charge in [0.1, 0.15) is 5.76 Å². The molecule has 29 heavy (non-hydrogen) atoms. The molecule has 3 heterocycles. The lowest BCUT2D eigenvalue weighted by atomic mass is 10.2. The Morgan fingerprint density at radius 1 is 1.14 bits per heavy atom. The van der Waals surface area contributed by atoms with Crippen LogP contribution in [0.5, 0.6) is 0 Å². The average Bonchev–Trinajstić information content (AvgIpc) is 3.44. The molecule has 2 N–H and O–H groups in total. The zero-order valence-corrected chi connectivity index (χ0v) is 17.2. The lowest BCUT2D eigenvalue weighted by Gasteiger charge is -2.31. The van der Waals surface area contributed by atoms with Gasteiger partial charge in [0, 0.05) is 24.7 Å². The fourth-order valence-corrected chi connectivity index (χ4v) is 4.16. The van der Waals surface area contributed by atoms with Crippen molar-refractivity contribution in [1.29, 1.82) is 0 Å². The zero-order valence-electron chi connectivity index (χ0n) is 16.4. The second-order valence-corrected chi connectivity index (χ2v) is 7.81. The molecule has 2 aliphatic rings. The van der Waals surface area contributed by atoms with Gasteiger partial charge < -0.3 is 24.7 Å². The Balaban J connectivity index is 1.42. The topological polar surface area (TPSA) is 70.0 Å². The highest BCUT2D eigenvalue weighted by Crippen LogP contribution is 2.30. The molecule has 2 aromatic rings. The summed E-state index contributed by atoms with van der Waals surface area (Å²) in [5.74, 6) is 0.879. The van der Waals surface area contributed by atoms with Crippen LogP contribution in [-0.4, -0.2) is 56.9 Å². The third kappa shape index (κ3) is 5.04. The predicted octanol–water partition coefficient (Wildman–Crippen LogP) is 3.73. The number of nitrogens with zero attached hydrogens (tertiary/aromatic N) is 2. The van der Waals surface area contributed by atoms with Gasteiger partial charge >= 0.3 is 6.03 Å². The number of halogens is 1. The molecule has 2 amide bonds. The number of hydrogen-bond donors (Lipinski definition) is 2. The molecule has 0 radical (unpaired) electrons. The third-order valence-corrected chi connectivity index (χ3v) is 5.70. The zero-order chi connectivity index (χ0) is 20.1. The summed E-state index contributed by atoms with van der Waals surface area (Å²) >= 11 is 6.19. The molecule has 156 valence electrons. The summed E-state index contributed by atoms with van der Waals surface area (Å²) in [6, 6.07) is 9.22. The molecule has 1 aromatic carbocycles. The van der Waals surface area contributed by atoms with Gasteiger partial charge in [-0.25, -0.2) is 4.79 Å². The van der Waals surface area contributed by atoms with Crippen LogP contribution in [0.3, 0.4) is 0 Å². The molecule has 0 saturated carbocycles. The van der Waals surface area contributed by atoms with Gasteiger partial charge in [0.05, 0.1) is 36.9 Å². The quantitative estimate of drug-likeness (QED) is 0.748. The number of benzene rings is 1. The first-order valence-corrected chi connectivity index (χ1v) is 10.5. The molecule has 2 aliphatic heterocycles. The highest BCUT2D eigenvalue weighted by molar-refractivity contribution is 6.31. The van der Waals surface area contributed by atoms with Crippen LogP contribution >= 0.6 is 11.6 Å². The Morgan fingerprint density at radius 2 is 1.93 bits per heavy atom. The van der Waals surface area contributed by atoms with Crippen molar-refractivity contribution in [2.45, 2.75) is 18.9 Å². The highest BCUT2D eigenvalue weighted by atomic mass is 35.5. The number of carbonyl (C=O) groups is 1. The molecule has 7 nitrogen and oxygen atoms in total. The van der Waals surface area contributed by atoms with E-state index in [1.54, 1.807) is 12.3 Å². The van der Waals surface area contributed by atoms with Crippen LogP contribution in [0, 0.1) is 0 Å². The Kier molecular flexibility index (Phi) is 6.59. The largest absolute Gasteiger partial charge is 0.468 e. The summed E-state index contributed by atoms with van der Waals surface area (Å²) < 4.78 is 11.1. The number of ether oxygens (including phenoxy) is 1. The maximum absolute atomic E-state index is 12.7. The number of urea groups is 1. The van der Waals surface area contributed by atoms with Gasteiger partial charge in [-0.15, -0.1) is 0 Å². The number of carbonyl (C=O) groups excluding carboxylic acids is 1. The smallest absolute Gasteiger partial charge is 0.319 e. The Hall–Kier alpha value is -2.22. The van der Waals surface area contributed by atoms with Gasteiger partial charge in [0.15, 0.2) is 0 Å². The molecular weight excluding hydrogens is 392 g/mol. The number of amides is 2. The van der Waals surface area contributed by atoms with Crippen LogP contribution in [0.15, 0.2) is 41.0 Å². The molecule has 0 spiro atoms. The van der Waals surface area contributed by atoms with E-state index in [9.17, 15) is 4.79 Å². The van der Waals surface area contributed by atoms with Crippen LogP contribution in [-0.2, 0) is 4.74 Å². The van der Waals surface area contributed by atoms with E-state index >= 15 is 0 Å². The van der Waals surface area contributed by atoms with Gasteiger partial charge in [0.2, 0.25) is 0 Å². The molecule has 0 bridgehead atoms. The molecule has 1 atom stereocenters. The molecule has 8 heteroatoms. The van der Waals surface area contributed by atoms with Crippen molar-refractivity contribution in [2.24, 2.45) is 0 Å². The van der Waals surface area contributed by atoms with Gasteiger partial charge in [-0.1, -0.05) is 11.6 Å². The minimum absolute atomic E-state index is 0.0383. The normalized spacial score (nSPS) is 18.6. The highest BCUT2D eigenvalue weighted by Gasteiger charge is 2.26. The number of hydrogen-bond acceptors (Lipinski definition) is 5. The van der Waals surface area contributed by atoms with E-state index in [4.69, 9.17) is 20.8 Å². The van der Waals surface area contributed by atoms with Crippen LogP contribution in [0.2, 0.25) is 5.02 Å². The number of morpholine rings is 1. The maximum atomic E-state index is 12.7. The van der Waals surface area contributed by atoms with Crippen molar-refractivity contribution < 1.29 is 13.9 Å². The molecular formula is C21H27ClN4O3. The fraction of sp³-hybridized carbons (Fsp3) is 0.476. The van der Waals surface area contributed by atoms with Crippen molar-refractivity contribution in [2.75, 3.05) is 56.2 Å². The second kappa shape index (κ2) is 9.52. The van der Waals surface area contributed by atoms with Gasteiger partial charge in [-0.2, -0.15) is 0 Å².